The highest BCUT2D eigenvalue weighted by Crippen LogP contribution is 2.39. The summed E-state index contributed by atoms with van der Waals surface area (Å²) in [5.74, 6) is 0. The van der Waals surface area contributed by atoms with Crippen LogP contribution in [0, 0.1) is 0 Å². The van der Waals surface area contributed by atoms with Crippen molar-refractivity contribution >= 4 is 33.3 Å². The summed E-state index contributed by atoms with van der Waals surface area (Å²) in [6.07, 6.45) is -4.76. The topological polar surface area (TPSA) is 77.9 Å². The maximum atomic E-state index is 14.0. The minimum absolute atomic E-state index is 0.104. The van der Waals surface area contributed by atoms with E-state index in [0.29, 0.717) is 46.7 Å². The van der Waals surface area contributed by atoms with E-state index in [2.05, 4.69) is 21.1 Å². The predicted octanol–water partition coefficient (Wildman–Crippen LogP) is 2.80. The summed E-state index contributed by atoms with van der Waals surface area (Å²) in [6.45, 7) is 1.52. The molecule has 0 aliphatic carbocycles. The molecule has 6 nitrogen and oxygen atoms in total. The van der Waals surface area contributed by atoms with Gasteiger partial charge in [-0.05, 0) is 23.6 Å². The molecule has 31 heavy (non-hydrogen) atoms. The number of hydrogen-bond acceptors (Lipinski definition) is 7. The summed E-state index contributed by atoms with van der Waals surface area (Å²) in [5.41, 5.74) is -0.169. The predicted molar refractivity (Wildman–Crippen MR) is 113 cm³/mol. The molecule has 2 aliphatic heterocycles. The maximum absolute atomic E-state index is 14.0. The van der Waals surface area contributed by atoms with Crippen molar-refractivity contribution in [3.63, 3.8) is 0 Å². The van der Waals surface area contributed by atoms with E-state index < -0.39 is 30.4 Å². The quantitative estimate of drug-likeness (QED) is 0.291. The zero-order valence-electron chi connectivity index (χ0n) is 16.6. The van der Waals surface area contributed by atoms with Gasteiger partial charge in [0, 0.05) is 26.1 Å². The van der Waals surface area contributed by atoms with E-state index in [4.69, 9.17) is 4.84 Å². The molecule has 1 aromatic carbocycles. The van der Waals surface area contributed by atoms with E-state index in [0.717, 1.165) is 11.3 Å². The monoisotopic (exact) mass is 460 g/mol. The summed E-state index contributed by atoms with van der Waals surface area (Å²) in [6, 6.07) is 4.59. The second-order valence-corrected chi connectivity index (χ2v) is 8.99. The molecule has 0 spiro atoms. The highest BCUT2D eigenvalue weighted by Gasteiger charge is 2.36. The number of anilines is 1. The number of thiophene rings is 1. The molecule has 3 heterocycles. The minimum Gasteiger partial charge on any atom is -0.392 e. The second-order valence-electron chi connectivity index (χ2n) is 7.94. The smallest absolute Gasteiger partial charge is 0.392 e. The van der Waals surface area contributed by atoms with E-state index >= 15 is 0 Å². The Hall–Kier alpha value is -1.95. The van der Waals surface area contributed by atoms with Crippen LogP contribution in [0.1, 0.15) is 16.9 Å². The summed E-state index contributed by atoms with van der Waals surface area (Å²) >= 11 is 1.15. The number of hydrogen-bond donors (Lipinski definition) is 4. The van der Waals surface area contributed by atoms with E-state index in [1.807, 2.05) is 0 Å². The molecule has 2 saturated heterocycles. The van der Waals surface area contributed by atoms with Gasteiger partial charge in [0.1, 0.15) is 6.17 Å². The molecule has 1 aromatic heterocycles. The lowest BCUT2D eigenvalue weighted by Gasteiger charge is -2.22. The van der Waals surface area contributed by atoms with Gasteiger partial charge in [-0.15, -0.1) is 11.3 Å². The van der Waals surface area contributed by atoms with Crippen LogP contribution in [0.15, 0.2) is 23.4 Å². The lowest BCUT2D eigenvalue weighted by molar-refractivity contribution is -0.126. The van der Waals surface area contributed by atoms with Crippen molar-refractivity contribution in [2.24, 2.45) is 5.16 Å². The van der Waals surface area contributed by atoms with Gasteiger partial charge in [-0.1, -0.05) is 17.3 Å². The number of aliphatic hydroxyl groups excluding tert-OH is 1. The first-order valence-corrected chi connectivity index (χ1v) is 10.9. The molecular formula is C20H24F4N4O2S. The molecule has 4 N–H and O–H groups in total. The molecule has 1 unspecified atom stereocenters. The number of aliphatic hydroxyl groups is 1. The number of nitrogens with one attached hydrogen (secondary N) is 3. The Kier molecular flexibility index (Phi) is 6.38. The number of benzene rings is 1. The fraction of sp³-hybridized carbons (Fsp3) is 0.550. The first-order chi connectivity index (χ1) is 14.8. The van der Waals surface area contributed by atoms with Crippen molar-refractivity contribution in [1.29, 1.82) is 0 Å². The first-order valence-electron chi connectivity index (χ1n) is 10.1. The molecule has 0 saturated carbocycles. The molecule has 0 bridgehead atoms. The third kappa shape index (κ3) is 4.94. The molecule has 0 amide bonds. The third-order valence-corrected chi connectivity index (χ3v) is 6.83. The van der Waals surface area contributed by atoms with Crippen molar-refractivity contribution < 1.29 is 27.5 Å². The number of rotatable bonds is 7. The first kappa shape index (κ1) is 22.3. The second kappa shape index (κ2) is 8.89. The average molecular weight is 460 g/mol. The summed E-state index contributed by atoms with van der Waals surface area (Å²) in [5, 5.41) is 23.1. The van der Waals surface area contributed by atoms with Gasteiger partial charge in [0.25, 0.3) is 0 Å². The van der Waals surface area contributed by atoms with Crippen LogP contribution in [-0.2, 0) is 11.3 Å². The summed E-state index contributed by atoms with van der Waals surface area (Å²) < 4.78 is 54.6. The molecular weight excluding hydrogens is 436 g/mol. The van der Waals surface area contributed by atoms with Crippen LogP contribution >= 0.6 is 11.3 Å². The van der Waals surface area contributed by atoms with Gasteiger partial charge in [0.05, 0.1) is 40.5 Å². The van der Waals surface area contributed by atoms with Crippen molar-refractivity contribution in [2.45, 2.75) is 36.8 Å². The SMILES string of the molecule is OCC1(O/N=C/c2sc3c(N[C@@H]4CNC[C@@H]4F)cccc3c2CC(F)(F)F)CCNC1. The van der Waals surface area contributed by atoms with Crippen molar-refractivity contribution in [1.82, 2.24) is 10.6 Å². The van der Waals surface area contributed by atoms with E-state index in [1.165, 1.54) is 6.21 Å². The lowest BCUT2D eigenvalue weighted by Crippen LogP contribution is -2.37. The summed E-state index contributed by atoms with van der Waals surface area (Å²) in [4.78, 5) is 5.81. The van der Waals surface area contributed by atoms with Gasteiger partial charge >= 0.3 is 6.18 Å². The van der Waals surface area contributed by atoms with E-state index in [9.17, 15) is 22.7 Å². The van der Waals surface area contributed by atoms with Crippen LogP contribution in [-0.4, -0.2) is 68.1 Å². The lowest BCUT2D eigenvalue weighted by atomic mass is 10.1. The molecule has 170 valence electrons. The maximum Gasteiger partial charge on any atom is 0.393 e. The van der Waals surface area contributed by atoms with Gasteiger partial charge in [-0.2, -0.15) is 13.2 Å². The number of nitrogens with zero attached hydrogens (tertiary/aromatic N) is 1. The number of halogens is 4. The van der Waals surface area contributed by atoms with Crippen LogP contribution in [0.3, 0.4) is 0 Å². The number of fused-ring (bicyclic) bond motifs is 1. The largest absolute Gasteiger partial charge is 0.393 e. The Morgan fingerprint density at radius 3 is 2.81 bits per heavy atom. The number of oxime groups is 1. The van der Waals surface area contributed by atoms with Crippen molar-refractivity contribution in [3.8, 4) is 0 Å². The molecule has 4 rings (SSSR count). The fourth-order valence-electron chi connectivity index (χ4n) is 3.93. The molecule has 3 atom stereocenters. The molecule has 0 radical (unpaired) electrons. The Balaban J connectivity index is 1.66. The normalized spacial score (nSPS) is 26.9. The fourth-order valence-corrected chi connectivity index (χ4v) is 5.09. The zero-order valence-corrected chi connectivity index (χ0v) is 17.5. The van der Waals surface area contributed by atoms with Crippen LogP contribution in [0.4, 0.5) is 23.2 Å². The highest BCUT2D eigenvalue weighted by molar-refractivity contribution is 7.21. The minimum atomic E-state index is -4.40. The Labute approximate surface area is 180 Å². The molecule has 2 aromatic rings. The third-order valence-electron chi connectivity index (χ3n) is 5.62. The van der Waals surface area contributed by atoms with Crippen LogP contribution < -0.4 is 16.0 Å². The molecule has 2 fully saturated rings. The van der Waals surface area contributed by atoms with Crippen LogP contribution in [0.25, 0.3) is 10.1 Å². The highest BCUT2D eigenvalue weighted by atomic mass is 32.1. The summed E-state index contributed by atoms with van der Waals surface area (Å²) in [7, 11) is 0. The Bertz CT molecular complexity index is 943. The van der Waals surface area contributed by atoms with Gasteiger partial charge in [-0.25, -0.2) is 4.39 Å². The van der Waals surface area contributed by atoms with E-state index in [-0.39, 0.29) is 18.7 Å². The van der Waals surface area contributed by atoms with Crippen LogP contribution in [0.2, 0.25) is 0 Å². The molecule has 11 heteroatoms. The molecule has 2 aliphatic rings. The van der Waals surface area contributed by atoms with Crippen molar-refractivity contribution in [2.75, 3.05) is 38.1 Å². The average Bonchev–Trinajstić information content (AvgIpc) is 3.43. The van der Waals surface area contributed by atoms with Gasteiger partial charge in [0.15, 0.2) is 5.60 Å². The Morgan fingerprint density at radius 2 is 2.16 bits per heavy atom. The Morgan fingerprint density at radius 1 is 1.32 bits per heavy atom. The van der Waals surface area contributed by atoms with Crippen LogP contribution in [0.5, 0.6) is 0 Å². The number of alkyl halides is 4. The van der Waals surface area contributed by atoms with Crippen molar-refractivity contribution in [3.05, 3.63) is 28.6 Å². The van der Waals surface area contributed by atoms with Gasteiger partial charge in [-0.3, -0.25) is 0 Å². The standard InChI is InChI=1S/C20H24F4N4O2S/c21-14-7-26-8-16(14)28-15-3-1-2-12-13(6-20(22,23)24)17(31-18(12)15)9-27-30-19(11-29)4-5-25-10-19/h1-3,9,14,16,25-26,28-29H,4-8,10-11H2/b27-9+/t14-,16+,19?/m0/s1. The zero-order chi connectivity index (χ0) is 22.1. The van der Waals surface area contributed by atoms with E-state index in [1.54, 1.807) is 18.2 Å². The van der Waals surface area contributed by atoms with Gasteiger partial charge in [0.2, 0.25) is 0 Å². The van der Waals surface area contributed by atoms with Gasteiger partial charge < -0.3 is 25.9 Å².